The minimum Gasteiger partial charge on any atom is -0.228 e. The van der Waals surface area contributed by atoms with Crippen LogP contribution in [0.15, 0.2) is 206 Å². The van der Waals surface area contributed by atoms with Crippen molar-refractivity contribution in [3.05, 3.63) is 223 Å². The molecule has 0 fully saturated rings. The second-order valence-electron chi connectivity index (χ2n) is 15.1. The van der Waals surface area contributed by atoms with Crippen LogP contribution in [0, 0.1) is 0 Å². The van der Waals surface area contributed by atoms with Crippen molar-refractivity contribution in [2.24, 2.45) is 0 Å². The van der Waals surface area contributed by atoms with Crippen LogP contribution < -0.4 is 0 Å². The van der Waals surface area contributed by atoms with Gasteiger partial charge in [0.2, 0.25) is 0 Å². The molecule has 0 N–H and O–H groups in total. The van der Waals surface area contributed by atoms with Crippen molar-refractivity contribution in [3.8, 4) is 56.2 Å². The van der Waals surface area contributed by atoms with Gasteiger partial charge in [0.25, 0.3) is 0 Å². The van der Waals surface area contributed by atoms with Crippen molar-refractivity contribution in [1.29, 1.82) is 0 Å². The molecule has 1 heterocycles. The molecule has 0 saturated carbocycles. The predicted octanol–water partition coefficient (Wildman–Crippen LogP) is 14.0. The lowest BCUT2D eigenvalue weighted by molar-refractivity contribution is 0.635. The summed E-state index contributed by atoms with van der Waals surface area (Å²) in [5.41, 5.74) is 15.6. The zero-order valence-electron chi connectivity index (χ0n) is 31.8. The van der Waals surface area contributed by atoms with E-state index in [9.17, 15) is 0 Å². The molecule has 268 valence electrons. The van der Waals surface area contributed by atoms with Crippen LogP contribution in [0.25, 0.3) is 72.5 Å². The van der Waals surface area contributed by atoms with E-state index in [1.165, 1.54) is 49.7 Å². The molecule has 8 aromatic rings. The fourth-order valence-electron chi connectivity index (χ4n) is 7.86. The monoisotopic (exact) mass is 718 g/mol. The highest BCUT2D eigenvalue weighted by Crippen LogP contribution is 2.38. The molecule has 0 radical (unpaired) electrons. The number of nitrogens with zero attached hydrogens (tertiary/aromatic N) is 2. The van der Waals surface area contributed by atoms with E-state index < -0.39 is 0 Å². The topological polar surface area (TPSA) is 25.8 Å². The van der Waals surface area contributed by atoms with Gasteiger partial charge in [0.15, 0.2) is 5.82 Å². The molecule has 0 aliphatic heterocycles. The minimum absolute atomic E-state index is 0.178. The molecule has 0 spiro atoms. The number of benzene rings is 7. The molecule has 56 heavy (non-hydrogen) atoms. The fourth-order valence-corrected chi connectivity index (χ4v) is 7.86. The van der Waals surface area contributed by atoms with Gasteiger partial charge in [0.05, 0.1) is 11.4 Å². The molecular formula is C54H42N2. The normalized spacial score (nSPS) is 15.2. The van der Waals surface area contributed by atoms with E-state index in [0.29, 0.717) is 5.82 Å². The van der Waals surface area contributed by atoms with Crippen LogP contribution in [0.3, 0.4) is 0 Å². The van der Waals surface area contributed by atoms with Gasteiger partial charge in [-0.05, 0) is 85.5 Å². The Morgan fingerprint density at radius 2 is 1.09 bits per heavy atom. The van der Waals surface area contributed by atoms with Crippen LogP contribution in [-0.2, 0) is 11.8 Å². The quantitative estimate of drug-likeness (QED) is 0.171. The van der Waals surface area contributed by atoms with E-state index in [2.05, 4.69) is 178 Å². The Balaban J connectivity index is 1.06. The van der Waals surface area contributed by atoms with Crippen molar-refractivity contribution in [2.75, 3.05) is 0 Å². The van der Waals surface area contributed by atoms with Gasteiger partial charge in [-0.3, -0.25) is 0 Å². The van der Waals surface area contributed by atoms with Gasteiger partial charge in [0, 0.05) is 22.1 Å². The van der Waals surface area contributed by atoms with Gasteiger partial charge in [-0.15, -0.1) is 0 Å². The lowest BCUT2D eigenvalue weighted by atomic mass is 9.75. The number of fused-ring (bicyclic) bond motifs is 2. The molecule has 0 atom stereocenters. The van der Waals surface area contributed by atoms with Gasteiger partial charge in [-0.2, -0.15) is 0 Å². The summed E-state index contributed by atoms with van der Waals surface area (Å²) < 4.78 is 0. The molecule has 1 aliphatic carbocycles. The first-order valence-electron chi connectivity index (χ1n) is 19.3. The summed E-state index contributed by atoms with van der Waals surface area (Å²) >= 11 is 0. The molecule has 0 amide bonds. The van der Waals surface area contributed by atoms with E-state index in [1.54, 1.807) is 0 Å². The summed E-state index contributed by atoms with van der Waals surface area (Å²) in [7, 11) is 0. The molecule has 7 aromatic carbocycles. The number of allylic oxidation sites excluding steroid dienone is 5. The van der Waals surface area contributed by atoms with Crippen molar-refractivity contribution in [2.45, 2.75) is 25.7 Å². The van der Waals surface area contributed by atoms with E-state index in [1.807, 2.05) is 36.4 Å². The van der Waals surface area contributed by atoms with Crippen LogP contribution in [0.2, 0.25) is 0 Å². The highest BCUT2D eigenvalue weighted by molar-refractivity contribution is 5.99. The Hall–Kier alpha value is -6.90. The van der Waals surface area contributed by atoms with Crippen molar-refractivity contribution in [3.63, 3.8) is 0 Å². The Kier molecular flexibility index (Phi) is 9.17. The number of hydrogen-bond acceptors (Lipinski definition) is 2. The average Bonchev–Trinajstić information content (AvgIpc) is 3.30. The fraction of sp³-hybridized carbons (Fsp3) is 0.0741. The van der Waals surface area contributed by atoms with E-state index in [0.717, 1.165) is 45.6 Å². The van der Waals surface area contributed by atoms with Gasteiger partial charge in [-0.25, -0.2) is 9.97 Å². The summed E-state index contributed by atoms with van der Waals surface area (Å²) in [5, 5.41) is 2.42. The molecule has 2 heteroatoms. The van der Waals surface area contributed by atoms with E-state index >= 15 is 0 Å². The van der Waals surface area contributed by atoms with E-state index in [4.69, 9.17) is 9.97 Å². The molecule has 9 rings (SSSR count). The van der Waals surface area contributed by atoms with Crippen LogP contribution in [0.4, 0.5) is 0 Å². The minimum atomic E-state index is -0.178. The van der Waals surface area contributed by atoms with Gasteiger partial charge >= 0.3 is 0 Å². The van der Waals surface area contributed by atoms with Crippen LogP contribution in [-0.4, -0.2) is 9.97 Å². The number of aromatic nitrogens is 2. The lowest BCUT2D eigenvalue weighted by Crippen LogP contribution is -2.20. The SMILES string of the molecule is C=C1/C=C(c2cccc(-c3ccc4cccc(-c5ccc(-c6nc(-c7ccccc7)cc(-c7ccccc7)n6)cc5)c4c3)c2)\C=C/Cc2ccccc2C1(C)C. The lowest BCUT2D eigenvalue weighted by Gasteiger charge is -2.28. The largest absolute Gasteiger partial charge is 0.228 e. The molecule has 1 aromatic heterocycles. The number of rotatable bonds is 6. The summed E-state index contributed by atoms with van der Waals surface area (Å²) in [6.07, 6.45) is 7.70. The molecule has 1 aliphatic rings. The third-order valence-electron chi connectivity index (χ3n) is 11.2. The van der Waals surface area contributed by atoms with Crippen LogP contribution >= 0.6 is 0 Å². The summed E-state index contributed by atoms with van der Waals surface area (Å²) in [6, 6.07) is 62.4. The van der Waals surface area contributed by atoms with Gasteiger partial charge in [-0.1, -0.05) is 196 Å². The third kappa shape index (κ3) is 6.83. The van der Waals surface area contributed by atoms with Crippen molar-refractivity contribution >= 4 is 16.3 Å². The second kappa shape index (κ2) is 14.7. The summed E-state index contributed by atoms with van der Waals surface area (Å²) in [4.78, 5) is 10.1. The third-order valence-corrected chi connectivity index (χ3v) is 11.2. The summed E-state index contributed by atoms with van der Waals surface area (Å²) in [6.45, 7) is 9.14. The van der Waals surface area contributed by atoms with E-state index in [-0.39, 0.29) is 5.41 Å². The summed E-state index contributed by atoms with van der Waals surface area (Å²) in [5.74, 6) is 0.707. The first-order valence-corrected chi connectivity index (χ1v) is 19.3. The van der Waals surface area contributed by atoms with Gasteiger partial charge < -0.3 is 0 Å². The predicted molar refractivity (Wildman–Crippen MR) is 236 cm³/mol. The van der Waals surface area contributed by atoms with Crippen molar-refractivity contribution < 1.29 is 0 Å². The average molecular weight is 719 g/mol. The highest BCUT2D eigenvalue weighted by Gasteiger charge is 2.26. The molecule has 0 bridgehead atoms. The maximum absolute atomic E-state index is 5.05. The highest BCUT2D eigenvalue weighted by atomic mass is 14.9. The van der Waals surface area contributed by atoms with Crippen LogP contribution in [0.1, 0.15) is 30.5 Å². The first-order chi connectivity index (χ1) is 27.4. The zero-order chi connectivity index (χ0) is 38.1. The van der Waals surface area contributed by atoms with Crippen LogP contribution in [0.5, 0.6) is 0 Å². The molecule has 0 unspecified atom stereocenters. The molecule has 2 nitrogen and oxygen atoms in total. The standard InChI is InChI=1S/C54H42N2/c1-37-33-44(22-12-21-40-15-10-11-26-50(40)54(37,2)3)45-23-13-24-46(34-45)47-32-29-38-20-14-25-48(49(38)35-47)39-27-30-43(31-28-39)53-55-51(41-16-6-4-7-17-41)36-52(56-53)42-18-8-5-9-19-42/h4-20,22-36H,1,21H2,2-3H3/b22-12-,44-33+. The second-order valence-corrected chi connectivity index (χ2v) is 15.1. The first kappa shape index (κ1) is 34.8. The Labute approximate surface area is 329 Å². The maximum atomic E-state index is 5.05. The van der Waals surface area contributed by atoms with Crippen molar-refractivity contribution in [1.82, 2.24) is 9.97 Å². The maximum Gasteiger partial charge on any atom is 0.160 e. The zero-order valence-corrected chi connectivity index (χ0v) is 31.8. The van der Waals surface area contributed by atoms with Gasteiger partial charge in [0.1, 0.15) is 0 Å². The Morgan fingerprint density at radius 3 is 1.82 bits per heavy atom. The Bertz CT molecular complexity index is 2730. The molecular weight excluding hydrogens is 677 g/mol. The Morgan fingerprint density at radius 1 is 0.500 bits per heavy atom. The number of hydrogen-bond donors (Lipinski definition) is 0. The smallest absolute Gasteiger partial charge is 0.160 e. The molecule has 0 saturated heterocycles.